The smallest absolute Gasteiger partial charge is 0.317 e. The standard InChI is InChI=1S/C17H21ClN6O/c1-11(2)20-17(25)23-9-6-13(7-10-23)15-12(3)24(22-21-15)14-5-4-8-19-16(14)18/h4-6,8,11H,7,9-10H2,1-3H3,(H,20,25). The molecule has 0 unspecified atom stereocenters. The highest BCUT2D eigenvalue weighted by Crippen LogP contribution is 2.26. The van der Waals surface area contributed by atoms with Gasteiger partial charge in [-0.1, -0.05) is 22.9 Å². The third kappa shape index (κ3) is 3.66. The summed E-state index contributed by atoms with van der Waals surface area (Å²) in [7, 11) is 0. The molecule has 2 aromatic heterocycles. The van der Waals surface area contributed by atoms with Gasteiger partial charge in [-0.2, -0.15) is 0 Å². The molecular weight excluding hydrogens is 340 g/mol. The molecule has 0 aliphatic carbocycles. The molecule has 0 bridgehead atoms. The number of amides is 2. The highest BCUT2D eigenvalue weighted by molar-refractivity contribution is 6.31. The average molecular weight is 361 g/mol. The SMILES string of the molecule is Cc1c(C2=CCN(C(=O)NC(C)C)CC2)nnn1-c1cccnc1Cl. The van der Waals surface area contributed by atoms with Gasteiger partial charge in [0.1, 0.15) is 11.4 Å². The summed E-state index contributed by atoms with van der Waals surface area (Å²) in [5, 5.41) is 11.8. The summed E-state index contributed by atoms with van der Waals surface area (Å²) < 4.78 is 1.70. The van der Waals surface area contributed by atoms with E-state index in [0.29, 0.717) is 23.9 Å². The first-order valence-corrected chi connectivity index (χ1v) is 8.63. The van der Waals surface area contributed by atoms with Gasteiger partial charge in [-0.15, -0.1) is 5.10 Å². The number of nitrogens with one attached hydrogen (secondary N) is 1. The third-order valence-corrected chi connectivity index (χ3v) is 4.37. The maximum absolute atomic E-state index is 12.1. The number of aromatic nitrogens is 4. The molecule has 0 saturated carbocycles. The summed E-state index contributed by atoms with van der Waals surface area (Å²) in [6.45, 7) is 7.08. The van der Waals surface area contributed by atoms with Crippen molar-refractivity contribution < 1.29 is 4.79 Å². The predicted octanol–water partition coefficient (Wildman–Crippen LogP) is 2.83. The minimum absolute atomic E-state index is 0.0344. The van der Waals surface area contributed by atoms with Gasteiger partial charge in [0.15, 0.2) is 5.15 Å². The van der Waals surface area contributed by atoms with Crippen LogP contribution in [0.15, 0.2) is 24.4 Å². The number of pyridine rings is 1. The first-order valence-electron chi connectivity index (χ1n) is 8.25. The van der Waals surface area contributed by atoms with Crippen molar-refractivity contribution in [3.05, 3.63) is 40.9 Å². The van der Waals surface area contributed by atoms with E-state index in [-0.39, 0.29) is 12.1 Å². The second-order valence-electron chi connectivity index (χ2n) is 6.28. The lowest BCUT2D eigenvalue weighted by atomic mass is 10.0. The Morgan fingerprint density at radius 2 is 2.20 bits per heavy atom. The second-order valence-corrected chi connectivity index (χ2v) is 6.64. The molecule has 0 aromatic carbocycles. The van der Waals surface area contributed by atoms with Gasteiger partial charge >= 0.3 is 6.03 Å². The van der Waals surface area contributed by atoms with Crippen molar-refractivity contribution in [3.8, 4) is 5.69 Å². The van der Waals surface area contributed by atoms with Crippen LogP contribution < -0.4 is 5.32 Å². The number of carbonyl (C=O) groups excluding carboxylic acids is 1. The average Bonchev–Trinajstić information content (AvgIpc) is 2.96. The Kier molecular flexibility index (Phi) is 5.03. The molecule has 132 valence electrons. The molecule has 0 radical (unpaired) electrons. The molecule has 1 aliphatic rings. The van der Waals surface area contributed by atoms with Gasteiger partial charge in [0.2, 0.25) is 0 Å². The van der Waals surface area contributed by atoms with Crippen molar-refractivity contribution in [2.75, 3.05) is 13.1 Å². The summed E-state index contributed by atoms with van der Waals surface area (Å²) >= 11 is 6.16. The number of nitrogens with zero attached hydrogens (tertiary/aromatic N) is 5. The van der Waals surface area contributed by atoms with Gasteiger partial charge < -0.3 is 10.2 Å². The molecule has 25 heavy (non-hydrogen) atoms. The van der Waals surface area contributed by atoms with Crippen LogP contribution in [-0.2, 0) is 0 Å². The van der Waals surface area contributed by atoms with Crippen molar-refractivity contribution >= 4 is 23.2 Å². The lowest BCUT2D eigenvalue weighted by molar-refractivity contribution is 0.200. The molecule has 0 fully saturated rings. The van der Waals surface area contributed by atoms with Crippen molar-refractivity contribution in [2.45, 2.75) is 33.2 Å². The fourth-order valence-electron chi connectivity index (χ4n) is 2.80. The fraction of sp³-hybridized carbons (Fsp3) is 0.412. The third-order valence-electron chi connectivity index (χ3n) is 4.07. The monoisotopic (exact) mass is 360 g/mol. The first kappa shape index (κ1) is 17.4. The zero-order chi connectivity index (χ0) is 18.0. The number of carbonyl (C=O) groups is 1. The van der Waals surface area contributed by atoms with Crippen molar-refractivity contribution in [1.82, 2.24) is 30.2 Å². The summed E-state index contributed by atoms with van der Waals surface area (Å²) in [4.78, 5) is 18.0. The van der Waals surface area contributed by atoms with Crippen LogP contribution in [0.3, 0.4) is 0 Å². The Bertz CT molecular complexity index is 813. The molecule has 3 rings (SSSR count). The van der Waals surface area contributed by atoms with Gasteiger partial charge in [-0.3, -0.25) is 0 Å². The largest absolute Gasteiger partial charge is 0.336 e. The van der Waals surface area contributed by atoms with E-state index in [0.717, 1.165) is 23.4 Å². The van der Waals surface area contributed by atoms with Gasteiger partial charge in [0.25, 0.3) is 0 Å². The van der Waals surface area contributed by atoms with E-state index in [1.165, 1.54) is 0 Å². The van der Waals surface area contributed by atoms with Crippen molar-refractivity contribution in [3.63, 3.8) is 0 Å². The molecule has 0 atom stereocenters. The summed E-state index contributed by atoms with van der Waals surface area (Å²) in [5.41, 5.74) is 3.54. The Balaban J connectivity index is 1.79. The minimum Gasteiger partial charge on any atom is -0.336 e. The van der Waals surface area contributed by atoms with E-state index < -0.39 is 0 Å². The van der Waals surface area contributed by atoms with Crippen molar-refractivity contribution in [1.29, 1.82) is 0 Å². The molecule has 8 heteroatoms. The molecule has 1 aliphatic heterocycles. The van der Waals surface area contributed by atoms with Crippen LogP contribution in [0.25, 0.3) is 11.3 Å². The summed E-state index contributed by atoms with van der Waals surface area (Å²) in [6.07, 6.45) is 4.42. The molecule has 1 N–H and O–H groups in total. The highest BCUT2D eigenvalue weighted by Gasteiger charge is 2.22. The number of urea groups is 1. The van der Waals surface area contributed by atoms with E-state index in [2.05, 4.69) is 20.6 Å². The van der Waals surface area contributed by atoms with Crippen LogP contribution in [-0.4, -0.2) is 50.0 Å². The molecular formula is C17H21ClN6O. The van der Waals surface area contributed by atoms with Crippen molar-refractivity contribution in [2.24, 2.45) is 0 Å². The second kappa shape index (κ2) is 7.23. The lowest BCUT2D eigenvalue weighted by Crippen LogP contribution is -2.44. The van der Waals surface area contributed by atoms with Crippen LogP contribution in [0, 0.1) is 6.92 Å². The number of halogens is 1. The van der Waals surface area contributed by atoms with E-state index in [4.69, 9.17) is 11.6 Å². The summed E-state index contributed by atoms with van der Waals surface area (Å²) in [5.74, 6) is 0. The van der Waals surface area contributed by atoms with E-state index in [1.807, 2.05) is 39.0 Å². The molecule has 3 heterocycles. The minimum atomic E-state index is -0.0344. The van der Waals surface area contributed by atoms with Gasteiger partial charge in [0.05, 0.1) is 5.69 Å². The number of hydrogen-bond acceptors (Lipinski definition) is 4. The Morgan fingerprint density at radius 3 is 2.84 bits per heavy atom. The van der Waals surface area contributed by atoms with Crippen LogP contribution in [0.5, 0.6) is 0 Å². The molecule has 2 amide bonds. The van der Waals surface area contributed by atoms with E-state index in [9.17, 15) is 4.79 Å². The van der Waals surface area contributed by atoms with Crippen LogP contribution in [0.1, 0.15) is 31.7 Å². The Hall–Kier alpha value is -2.41. The molecule has 2 aromatic rings. The van der Waals surface area contributed by atoms with Crippen LogP contribution in [0.2, 0.25) is 5.15 Å². The summed E-state index contributed by atoms with van der Waals surface area (Å²) in [6, 6.07) is 3.76. The maximum atomic E-state index is 12.1. The fourth-order valence-corrected chi connectivity index (χ4v) is 3.00. The zero-order valence-corrected chi connectivity index (χ0v) is 15.3. The molecule has 0 spiro atoms. The normalized spacial score (nSPS) is 14.6. The van der Waals surface area contributed by atoms with Gasteiger partial charge in [-0.25, -0.2) is 14.5 Å². The number of hydrogen-bond donors (Lipinski definition) is 1. The molecule has 0 saturated heterocycles. The first-order chi connectivity index (χ1) is 12.0. The lowest BCUT2D eigenvalue weighted by Gasteiger charge is -2.27. The predicted molar refractivity (Wildman–Crippen MR) is 96.7 cm³/mol. The Morgan fingerprint density at radius 1 is 1.40 bits per heavy atom. The topological polar surface area (TPSA) is 75.9 Å². The Labute approximate surface area is 151 Å². The van der Waals surface area contributed by atoms with Crippen LogP contribution in [0.4, 0.5) is 4.79 Å². The van der Waals surface area contributed by atoms with E-state index >= 15 is 0 Å². The van der Waals surface area contributed by atoms with Gasteiger partial charge in [-0.05, 0) is 44.9 Å². The van der Waals surface area contributed by atoms with Crippen LogP contribution >= 0.6 is 11.6 Å². The number of rotatable bonds is 3. The van der Waals surface area contributed by atoms with Gasteiger partial charge in [0, 0.05) is 25.3 Å². The zero-order valence-electron chi connectivity index (χ0n) is 14.5. The maximum Gasteiger partial charge on any atom is 0.317 e. The molecule has 7 nitrogen and oxygen atoms in total. The quantitative estimate of drug-likeness (QED) is 0.854. The highest BCUT2D eigenvalue weighted by atomic mass is 35.5. The van der Waals surface area contributed by atoms with E-state index in [1.54, 1.807) is 15.8 Å².